The lowest BCUT2D eigenvalue weighted by molar-refractivity contribution is 0.477. The van der Waals surface area contributed by atoms with E-state index in [0.717, 1.165) is 22.9 Å². The first-order chi connectivity index (χ1) is 19.9. The molecule has 1 aromatic heterocycles. The lowest BCUT2D eigenvalue weighted by Gasteiger charge is -2.43. The van der Waals surface area contributed by atoms with Crippen molar-refractivity contribution in [1.29, 1.82) is 0 Å². The molecule has 0 N–H and O–H groups in total. The Kier molecular flexibility index (Phi) is 3.75. The molecule has 184 valence electrons. The van der Waals surface area contributed by atoms with E-state index in [0.29, 0.717) is 0 Å². The highest BCUT2D eigenvalue weighted by molar-refractivity contribution is 6.90. The number of benzene rings is 6. The van der Waals surface area contributed by atoms with Crippen molar-refractivity contribution in [3.05, 3.63) is 127 Å². The van der Waals surface area contributed by atoms with Gasteiger partial charge in [-0.3, -0.25) is 0 Å². The maximum absolute atomic E-state index is 6.56. The van der Waals surface area contributed by atoms with Gasteiger partial charge in [0.2, 0.25) is 0 Å². The van der Waals surface area contributed by atoms with Crippen LogP contribution in [0.5, 0.6) is 11.5 Å². The smallest absolute Gasteiger partial charge is 0.333 e. The number of aromatic nitrogens is 1. The minimum absolute atomic E-state index is 0.0344. The molecule has 0 radical (unpaired) electrons. The monoisotopic (exact) mass is 508 g/mol. The van der Waals surface area contributed by atoms with Crippen molar-refractivity contribution >= 4 is 56.6 Å². The number of rotatable bonds is 1. The number of anilines is 3. The quantitative estimate of drug-likeness (QED) is 0.209. The zero-order chi connectivity index (χ0) is 25.9. The van der Waals surface area contributed by atoms with Gasteiger partial charge in [-0.2, -0.15) is 0 Å². The van der Waals surface area contributed by atoms with E-state index in [1.807, 2.05) is 0 Å². The van der Waals surface area contributed by atoms with E-state index in [9.17, 15) is 0 Å². The Morgan fingerprint density at radius 2 is 1.32 bits per heavy atom. The Hall–Kier alpha value is -5.22. The van der Waals surface area contributed by atoms with Crippen molar-refractivity contribution in [2.45, 2.75) is 0 Å². The molecule has 0 spiro atoms. The van der Waals surface area contributed by atoms with Gasteiger partial charge in [-0.05, 0) is 64.0 Å². The van der Waals surface area contributed by atoms with E-state index in [2.05, 4.69) is 137 Å². The third-order valence-electron chi connectivity index (χ3n) is 8.93. The van der Waals surface area contributed by atoms with Crippen molar-refractivity contribution in [3.63, 3.8) is 0 Å². The first kappa shape index (κ1) is 20.7. The van der Waals surface area contributed by atoms with Gasteiger partial charge in [0.1, 0.15) is 0 Å². The van der Waals surface area contributed by atoms with Gasteiger partial charge in [-0.25, -0.2) is 0 Å². The Morgan fingerprint density at radius 1 is 0.550 bits per heavy atom. The van der Waals surface area contributed by atoms with Gasteiger partial charge in [0.25, 0.3) is 0 Å². The van der Waals surface area contributed by atoms with Gasteiger partial charge in [0.05, 0.1) is 11.4 Å². The van der Waals surface area contributed by atoms with E-state index < -0.39 is 0 Å². The van der Waals surface area contributed by atoms with E-state index in [1.54, 1.807) is 0 Å². The number of fused-ring (bicyclic) bond motifs is 9. The molecule has 0 unspecified atom stereocenters. The van der Waals surface area contributed by atoms with Crippen LogP contribution in [0, 0.1) is 0 Å². The largest absolute Gasteiger partial charge is 0.453 e. The molecule has 0 fully saturated rings. The summed E-state index contributed by atoms with van der Waals surface area (Å²) in [4.78, 5) is 2.45. The summed E-state index contributed by atoms with van der Waals surface area (Å²) in [5.41, 5.74) is 13.7. The second-order valence-corrected chi connectivity index (χ2v) is 10.9. The molecule has 3 aliphatic heterocycles. The molecule has 0 bridgehead atoms. The summed E-state index contributed by atoms with van der Waals surface area (Å²) in [6.07, 6.45) is 0. The van der Waals surface area contributed by atoms with Crippen molar-refractivity contribution < 1.29 is 4.74 Å². The van der Waals surface area contributed by atoms with Gasteiger partial charge < -0.3 is 14.1 Å². The lowest BCUT2D eigenvalue weighted by atomic mass is 9.45. The minimum Gasteiger partial charge on any atom is -0.453 e. The normalized spacial score (nSPS) is 13.6. The molecule has 3 nitrogen and oxygen atoms in total. The molecule has 40 heavy (non-hydrogen) atoms. The molecule has 7 aromatic rings. The first-order valence-corrected chi connectivity index (χ1v) is 13.8. The fraction of sp³-hybridized carbons (Fsp3) is 0. The van der Waals surface area contributed by atoms with Crippen molar-refractivity contribution in [1.82, 2.24) is 4.48 Å². The van der Waals surface area contributed by atoms with Crippen LogP contribution in [0.2, 0.25) is 0 Å². The van der Waals surface area contributed by atoms with Crippen LogP contribution < -0.4 is 20.6 Å². The van der Waals surface area contributed by atoms with Gasteiger partial charge >= 0.3 is 6.85 Å². The van der Waals surface area contributed by atoms with Crippen molar-refractivity contribution in [2.75, 3.05) is 4.90 Å². The zero-order valence-corrected chi connectivity index (χ0v) is 21.5. The zero-order valence-electron chi connectivity index (χ0n) is 21.5. The van der Waals surface area contributed by atoms with Gasteiger partial charge in [0.15, 0.2) is 11.5 Å². The molecule has 0 saturated heterocycles. The fourth-order valence-corrected chi connectivity index (χ4v) is 7.39. The lowest BCUT2D eigenvalue weighted by Crippen LogP contribution is -2.57. The van der Waals surface area contributed by atoms with E-state index in [-0.39, 0.29) is 6.85 Å². The summed E-state index contributed by atoms with van der Waals surface area (Å²) >= 11 is 0. The molecule has 3 aliphatic rings. The summed E-state index contributed by atoms with van der Waals surface area (Å²) in [6, 6.07) is 46.2. The van der Waals surface area contributed by atoms with Crippen LogP contribution in [0.15, 0.2) is 127 Å². The highest BCUT2D eigenvalue weighted by Gasteiger charge is 2.45. The molecular weight excluding hydrogens is 487 g/mol. The molecule has 6 aromatic carbocycles. The van der Waals surface area contributed by atoms with Crippen LogP contribution in [0.4, 0.5) is 17.1 Å². The predicted molar refractivity (Wildman–Crippen MR) is 165 cm³/mol. The maximum Gasteiger partial charge on any atom is 0.333 e. The minimum atomic E-state index is 0.0344. The average Bonchev–Trinajstić information content (AvgIpc) is 3.35. The Labute approximate surface area is 231 Å². The molecule has 4 heteroatoms. The molecule has 4 heterocycles. The summed E-state index contributed by atoms with van der Waals surface area (Å²) in [5.74, 6) is 1.79. The van der Waals surface area contributed by atoms with Crippen molar-refractivity contribution in [3.8, 4) is 33.8 Å². The predicted octanol–water partition coefficient (Wildman–Crippen LogP) is 7.98. The van der Waals surface area contributed by atoms with Crippen LogP contribution in [0.1, 0.15) is 0 Å². The number of nitrogens with zero attached hydrogens (tertiary/aromatic N) is 2. The SMILES string of the molecule is c1ccc(-c2cc3c4c(c2)N2c5ccccc5Oc5cccc(c52)B4n2c4ccccc4c4cccc-3c42)cc1. The Bertz CT molecular complexity index is 2210. The maximum atomic E-state index is 6.56. The van der Waals surface area contributed by atoms with Crippen LogP contribution >= 0.6 is 0 Å². The van der Waals surface area contributed by atoms with Crippen LogP contribution in [-0.2, 0) is 0 Å². The summed E-state index contributed by atoms with van der Waals surface area (Å²) < 4.78 is 9.14. The number of ether oxygens (including phenoxy) is 1. The topological polar surface area (TPSA) is 17.4 Å². The summed E-state index contributed by atoms with van der Waals surface area (Å²) in [5, 5.41) is 2.60. The van der Waals surface area contributed by atoms with Crippen LogP contribution in [-0.4, -0.2) is 11.3 Å². The third kappa shape index (κ3) is 2.43. The van der Waals surface area contributed by atoms with Gasteiger partial charge in [-0.1, -0.05) is 91.0 Å². The number of para-hydroxylation sites is 5. The standard InChI is InChI=1S/C36H21BN2O/c1-2-10-22(11-3-1)23-20-27-26-14-8-13-25-24-12-4-5-16-29(24)39(35(25)26)37-28-15-9-19-33-36(28)38(31(21-23)34(27)37)30-17-6-7-18-32(30)40-33/h1-21H. The molecule has 0 amide bonds. The van der Waals surface area contributed by atoms with E-state index in [1.165, 1.54) is 60.7 Å². The highest BCUT2D eigenvalue weighted by Crippen LogP contribution is 2.53. The van der Waals surface area contributed by atoms with E-state index in [4.69, 9.17) is 4.74 Å². The second kappa shape index (κ2) is 7.25. The summed E-state index contributed by atoms with van der Waals surface area (Å²) in [7, 11) is 0. The molecule has 0 aliphatic carbocycles. The Morgan fingerprint density at radius 3 is 2.27 bits per heavy atom. The number of hydrogen-bond acceptors (Lipinski definition) is 2. The highest BCUT2D eigenvalue weighted by atomic mass is 16.5. The molecule has 0 atom stereocenters. The first-order valence-electron chi connectivity index (χ1n) is 13.8. The van der Waals surface area contributed by atoms with E-state index >= 15 is 0 Å². The van der Waals surface area contributed by atoms with Gasteiger partial charge in [0, 0.05) is 33.1 Å². The third-order valence-corrected chi connectivity index (χ3v) is 8.93. The Balaban J connectivity index is 1.43. The fourth-order valence-electron chi connectivity index (χ4n) is 7.39. The second-order valence-electron chi connectivity index (χ2n) is 10.9. The van der Waals surface area contributed by atoms with Crippen LogP contribution in [0.3, 0.4) is 0 Å². The van der Waals surface area contributed by atoms with Crippen molar-refractivity contribution in [2.24, 2.45) is 0 Å². The average molecular weight is 508 g/mol. The molecular formula is C36H21BN2O. The van der Waals surface area contributed by atoms with Gasteiger partial charge in [-0.15, -0.1) is 0 Å². The molecule has 0 saturated carbocycles. The van der Waals surface area contributed by atoms with Crippen LogP contribution in [0.25, 0.3) is 44.1 Å². The summed E-state index contributed by atoms with van der Waals surface area (Å²) in [6.45, 7) is 0.0344. The molecule has 10 rings (SSSR count). The number of hydrogen-bond donors (Lipinski definition) is 0.